The first kappa shape index (κ1) is 21.0. The van der Waals surface area contributed by atoms with E-state index in [0.29, 0.717) is 9.54 Å². The second-order valence-electron chi connectivity index (χ2n) is 8.99. The van der Waals surface area contributed by atoms with Crippen LogP contribution in [-0.4, -0.2) is 5.43 Å². The second-order valence-corrected chi connectivity index (χ2v) is 26.4. The van der Waals surface area contributed by atoms with E-state index in [1.165, 1.54) is 22.3 Å². The van der Waals surface area contributed by atoms with Crippen molar-refractivity contribution in [1.29, 1.82) is 0 Å². The van der Waals surface area contributed by atoms with Crippen LogP contribution in [-0.2, 0) is 20.4 Å². The van der Waals surface area contributed by atoms with Crippen molar-refractivity contribution in [3.05, 3.63) is 96.9 Å². The zero-order valence-electron chi connectivity index (χ0n) is 18.9. The average molecular weight is 476 g/mol. The van der Waals surface area contributed by atoms with Gasteiger partial charge in [0.25, 0.3) is 0 Å². The van der Waals surface area contributed by atoms with Crippen molar-refractivity contribution < 1.29 is 20.4 Å². The van der Waals surface area contributed by atoms with E-state index in [9.17, 15) is 0 Å². The summed E-state index contributed by atoms with van der Waals surface area (Å²) in [5.74, 6) is 0.660. The Morgan fingerprint density at radius 1 is 0.828 bits per heavy atom. The van der Waals surface area contributed by atoms with Gasteiger partial charge >= 0.3 is 185 Å². The summed E-state index contributed by atoms with van der Waals surface area (Å²) in [6.07, 6.45) is 2.68. The van der Waals surface area contributed by atoms with Gasteiger partial charge in [0.1, 0.15) is 0 Å². The SMILES string of the molecule is CC1=C(C)C(C)[C]([Zr]([CH]2C=C(c3ccc(C)cc3)c3ccccc32)=[Si](C)C)=C1C. The van der Waals surface area contributed by atoms with E-state index >= 15 is 0 Å². The molecule has 2 aromatic rings. The summed E-state index contributed by atoms with van der Waals surface area (Å²) < 4.78 is 2.59. The standard InChI is InChI=1S/C16H13.C9H13.C2H6Si.Zr/c1-12-6-8-14(9-7-12)16-11-10-13-4-2-3-5-15(13)16;1-6-5-7(2)9(4)8(6)3;1-3-2;/h2-11H,1H3;6H,1-4H3;1-2H3;. The summed E-state index contributed by atoms with van der Waals surface area (Å²) in [4.78, 5) is 0. The predicted octanol–water partition coefficient (Wildman–Crippen LogP) is 7.61. The van der Waals surface area contributed by atoms with Crippen LogP contribution in [0, 0.1) is 12.8 Å². The molecule has 0 nitrogen and oxygen atoms in total. The van der Waals surface area contributed by atoms with Crippen molar-refractivity contribution in [2.45, 2.75) is 51.3 Å². The number of rotatable bonds is 3. The molecule has 0 saturated heterocycles. The van der Waals surface area contributed by atoms with Crippen LogP contribution < -0.4 is 0 Å². The molecule has 2 atom stereocenters. The first-order valence-corrected chi connectivity index (χ1v) is 19.6. The van der Waals surface area contributed by atoms with Gasteiger partial charge in [0, 0.05) is 0 Å². The fourth-order valence-corrected chi connectivity index (χ4v) is 24.8. The molecule has 0 radical (unpaired) electrons. The molecule has 2 unspecified atom stereocenters. The van der Waals surface area contributed by atoms with Gasteiger partial charge in [0.15, 0.2) is 0 Å². The van der Waals surface area contributed by atoms with Crippen LogP contribution in [0.1, 0.15) is 53.6 Å². The van der Waals surface area contributed by atoms with E-state index in [2.05, 4.69) is 102 Å². The Hall–Kier alpha value is -1.24. The number of aryl methyl sites for hydroxylation is 1. The number of hydrogen-bond donors (Lipinski definition) is 0. The summed E-state index contributed by atoms with van der Waals surface area (Å²) in [5, 5.41) is 0. The number of benzene rings is 2. The molecule has 0 saturated carbocycles. The van der Waals surface area contributed by atoms with Crippen molar-refractivity contribution in [2.75, 3.05) is 0 Å². The van der Waals surface area contributed by atoms with Crippen molar-refractivity contribution in [3.63, 3.8) is 0 Å². The molecule has 0 aliphatic heterocycles. The van der Waals surface area contributed by atoms with Crippen LogP contribution in [0.3, 0.4) is 0 Å². The van der Waals surface area contributed by atoms with Crippen molar-refractivity contribution in [1.82, 2.24) is 0 Å². The molecule has 4 rings (SSSR count). The Bertz CT molecular complexity index is 1110. The van der Waals surface area contributed by atoms with Gasteiger partial charge in [-0.1, -0.05) is 0 Å². The number of fused-ring (bicyclic) bond motifs is 1. The van der Waals surface area contributed by atoms with Crippen LogP contribution in [0.2, 0.25) is 13.1 Å². The van der Waals surface area contributed by atoms with Crippen molar-refractivity contribution in [3.8, 4) is 0 Å². The molecule has 0 N–H and O–H groups in total. The third kappa shape index (κ3) is 3.57. The number of hydrogen-bond acceptors (Lipinski definition) is 0. The van der Waals surface area contributed by atoms with Crippen molar-refractivity contribution in [2.24, 2.45) is 5.92 Å². The summed E-state index contributed by atoms with van der Waals surface area (Å²) in [5.41, 5.74) is 11.8. The Kier molecular flexibility index (Phi) is 5.88. The molecule has 0 amide bonds. The summed E-state index contributed by atoms with van der Waals surface area (Å²) in [7, 11) is 0. The zero-order valence-corrected chi connectivity index (χ0v) is 22.3. The predicted molar refractivity (Wildman–Crippen MR) is 125 cm³/mol. The van der Waals surface area contributed by atoms with E-state index < -0.39 is 20.4 Å². The maximum atomic E-state index is 2.68. The molecule has 0 bridgehead atoms. The minimum atomic E-state index is -1.89. The second kappa shape index (κ2) is 8.12. The minimum absolute atomic E-state index is 0.336. The average Bonchev–Trinajstić information content (AvgIpc) is 3.17. The Balaban J connectivity index is 1.89. The third-order valence-corrected chi connectivity index (χ3v) is 25.6. The molecule has 148 valence electrons. The summed E-state index contributed by atoms with van der Waals surface area (Å²) in [6, 6.07) is 18.4. The third-order valence-electron chi connectivity index (χ3n) is 7.06. The first-order chi connectivity index (χ1) is 13.8. The monoisotopic (exact) mass is 474 g/mol. The van der Waals surface area contributed by atoms with E-state index in [1.807, 2.05) is 3.28 Å². The molecule has 0 heterocycles. The molecule has 0 spiro atoms. The van der Waals surface area contributed by atoms with Crippen LogP contribution in [0.4, 0.5) is 0 Å². The zero-order chi connectivity index (χ0) is 20.9. The van der Waals surface area contributed by atoms with Crippen LogP contribution in [0.5, 0.6) is 0 Å². The van der Waals surface area contributed by atoms with Gasteiger partial charge in [-0.15, -0.1) is 0 Å². The molecule has 0 aromatic heterocycles. The molecular formula is C27H32SiZr. The van der Waals surface area contributed by atoms with Gasteiger partial charge < -0.3 is 0 Å². The molecular weight excluding hydrogens is 444 g/mol. The molecule has 2 aromatic carbocycles. The van der Waals surface area contributed by atoms with E-state index in [1.54, 1.807) is 22.3 Å². The number of allylic oxidation sites excluding steroid dienone is 5. The van der Waals surface area contributed by atoms with Gasteiger partial charge in [-0.05, 0) is 0 Å². The van der Waals surface area contributed by atoms with Crippen LogP contribution in [0.15, 0.2) is 74.6 Å². The summed E-state index contributed by atoms with van der Waals surface area (Å²) >= 11 is -1.89. The van der Waals surface area contributed by atoms with Crippen LogP contribution >= 0.6 is 0 Å². The summed E-state index contributed by atoms with van der Waals surface area (Å²) in [6.45, 7) is 17.0. The molecule has 29 heavy (non-hydrogen) atoms. The van der Waals surface area contributed by atoms with Gasteiger partial charge in [-0.25, -0.2) is 0 Å². The Labute approximate surface area is 184 Å². The van der Waals surface area contributed by atoms with Gasteiger partial charge in [0.05, 0.1) is 0 Å². The van der Waals surface area contributed by atoms with Gasteiger partial charge in [-0.2, -0.15) is 0 Å². The van der Waals surface area contributed by atoms with E-state index in [0.717, 1.165) is 0 Å². The topological polar surface area (TPSA) is 0 Å². The van der Waals surface area contributed by atoms with Crippen molar-refractivity contribution >= 4 is 11.0 Å². The van der Waals surface area contributed by atoms with Crippen LogP contribution in [0.25, 0.3) is 5.57 Å². The van der Waals surface area contributed by atoms with E-state index in [-0.39, 0.29) is 5.43 Å². The maximum absolute atomic E-state index is 2.68. The molecule has 2 heteroatoms. The molecule has 0 fully saturated rings. The molecule has 2 aliphatic carbocycles. The Morgan fingerprint density at radius 3 is 2.07 bits per heavy atom. The fourth-order valence-electron chi connectivity index (χ4n) is 5.13. The van der Waals surface area contributed by atoms with Gasteiger partial charge in [0.2, 0.25) is 0 Å². The first-order valence-electron chi connectivity index (χ1n) is 10.8. The Morgan fingerprint density at radius 2 is 1.48 bits per heavy atom. The quantitative estimate of drug-likeness (QED) is 0.401. The molecule has 2 aliphatic rings. The van der Waals surface area contributed by atoms with Gasteiger partial charge in [-0.3, -0.25) is 0 Å². The normalized spacial score (nSPS) is 20.9. The van der Waals surface area contributed by atoms with E-state index in [4.69, 9.17) is 0 Å². The fraction of sp³-hybridized carbons (Fsp3) is 0.333.